The van der Waals surface area contributed by atoms with Crippen LogP contribution in [0.3, 0.4) is 0 Å². The van der Waals surface area contributed by atoms with Crippen LogP contribution in [0.1, 0.15) is 24.8 Å². The number of benzene rings is 2. The molecule has 2 amide bonds. The number of amides is 2. The van der Waals surface area contributed by atoms with Crippen molar-refractivity contribution in [3.8, 4) is 5.75 Å². The summed E-state index contributed by atoms with van der Waals surface area (Å²) in [5, 5.41) is 0. The van der Waals surface area contributed by atoms with Crippen LogP contribution in [0, 0.1) is 6.92 Å². The fourth-order valence-electron chi connectivity index (χ4n) is 2.92. The van der Waals surface area contributed by atoms with Gasteiger partial charge in [0.05, 0.1) is 23.4 Å². The molecule has 8 heteroatoms. The molecule has 0 unspecified atom stereocenters. The second kappa shape index (κ2) is 7.40. The standard InChI is InChI=1S/C19H20N2O5S/c1-13-6-11-17(26-2)16(12-13)20-27(24,25)15-9-7-14(8-10-15)21-18(22)4-3-5-19(21)23/h6-12,20H,3-5H2,1-2H3. The number of methoxy groups -OCH3 is 1. The lowest BCUT2D eigenvalue weighted by molar-refractivity contribution is -0.129. The van der Waals surface area contributed by atoms with Gasteiger partial charge in [0.15, 0.2) is 0 Å². The number of nitrogens with zero attached hydrogens (tertiary/aromatic N) is 1. The van der Waals surface area contributed by atoms with Crippen LogP contribution < -0.4 is 14.4 Å². The quantitative estimate of drug-likeness (QED) is 0.795. The number of sulfonamides is 1. The van der Waals surface area contributed by atoms with E-state index in [1.54, 1.807) is 12.1 Å². The molecular formula is C19H20N2O5S. The van der Waals surface area contributed by atoms with E-state index >= 15 is 0 Å². The van der Waals surface area contributed by atoms with Gasteiger partial charge in [0.1, 0.15) is 5.75 Å². The zero-order valence-corrected chi connectivity index (χ0v) is 15.9. The third-order valence-electron chi connectivity index (χ3n) is 4.28. The molecule has 0 radical (unpaired) electrons. The van der Waals surface area contributed by atoms with Gasteiger partial charge in [-0.3, -0.25) is 19.2 Å². The molecule has 2 aromatic carbocycles. The van der Waals surface area contributed by atoms with E-state index in [0.717, 1.165) is 10.5 Å². The van der Waals surface area contributed by atoms with Crippen molar-refractivity contribution in [3.05, 3.63) is 48.0 Å². The Balaban J connectivity index is 1.87. The highest BCUT2D eigenvalue weighted by atomic mass is 32.2. The van der Waals surface area contributed by atoms with Gasteiger partial charge in [-0.1, -0.05) is 6.07 Å². The molecule has 142 valence electrons. The number of carbonyl (C=O) groups excluding carboxylic acids is 2. The fourth-order valence-corrected chi connectivity index (χ4v) is 3.98. The predicted octanol–water partition coefficient (Wildman–Crippen LogP) is 2.85. The van der Waals surface area contributed by atoms with Gasteiger partial charge < -0.3 is 4.74 Å². The molecule has 1 aliphatic rings. The van der Waals surface area contributed by atoms with Crippen molar-refractivity contribution in [3.63, 3.8) is 0 Å². The maximum atomic E-state index is 12.7. The molecule has 1 fully saturated rings. The molecular weight excluding hydrogens is 368 g/mol. The van der Waals surface area contributed by atoms with E-state index in [4.69, 9.17) is 4.74 Å². The number of piperidine rings is 1. The summed E-state index contributed by atoms with van der Waals surface area (Å²) in [7, 11) is -2.39. The molecule has 0 atom stereocenters. The smallest absolute Gasteiger partial charge is 0.262 e. The van der Waals surface area contributed by atoms with Crippen molar-refractivity contribution >= 4 is 33.2 Å². The first kappa shape index (κ1) is 18.9. The third-order valence-corrected chi connectivity index (χ3v) is 5.67. The average Bonchev–Trinajstić information content (AvgIpc) is 2.62. The number of carbonyl (C=O) groups is 2. The van der Waals surface area contributed by atoms with E-state index in [1.165, 1.54) is 31.4 Å². The van der Waals surface area contributed by atoms with Crippen molar-refractivity contribution in [2.45, 2.75) is 31.1 Å². The summed E-state index contributed by atoms with van der Waals surface area (Å²) in [6.45, 7) is 1.85. The third kappa shape index (κ3) is 3.95. The predicted molar refractivity (Wildman–Crippen MR) is 101 cm³/mol. The number of aryl methyl sites for hydroxylation is 1. The van der Waals surface area contributed by atoms with Gasteiger partial charge in [-0.25, -0.2) is 8.42 Å². The minimum atomic E-state index is -3.86. The second-order valence-corrected chi connectivity index (χ2v) is 7.96. The van der Waals surface area contributed by atoms with Crippen molar-refractivity contribution in [2.75, 3.05) is 16.7 Å². The maximum absolute atomic E-state index is 12.7. The van der Waals surface area contributed by atoms with Gasteiger partial charge in [-0.2, -0.15) is 0 Å². The van der Waals surface area contributed by atoms with Gasteiger partial charge in [0.2, 0.25) is 11.8 Å². The number of nitrogens with one attached hydrogen (secondary N) is 1. The Kier molecular flexibility index (Phi) is 5.18. The summed E-state index contributed by atoms with van der Waals surface area (Å²) >= 11 is 0. The molecule has 1 aliphatic heterocycles. The van der Waals surface area contributed by atoms with Crippen LogP contribution in [0.15, 0.2) is 47.4 Å². The minimum Gasteiger partial charge on any atom is -0.495 e. The Morgan fingerprint density at radius 2 is 1.63 bits per heavy atom. The highest BCUT2D eigenvalue weighted by Crippen LogP contribution is 2.29. The lowest BCUT2D eigenvalue weighted by Crippen LogP contribution is -2.40. The SMILES string of the molecule is COc1ccc(C)cc1NS(=O)(=O)c1ccc(N2C(=O)CCCC2=O)cc1. The zero-order chi connectivity index (χ0) is 19.6. The molecule has 0 saturated carbocycles. The molecule has 0 aromatic heterocycles. The Morgan fingerprint density at radius 1 is 1.00 bits per heavy atom. The topological polar surface area (TPSA) is 92.8 Å². The first-order chi connectivity index (χ1) is 12.8. The van der Waals surface area contributed by atoms with E-state index in [-0.39, 0.29) is 16.7 Å². The molecule has 1 saturated heterocycles. The lowest BCUT2D eigenvalue weighted by Gasteiger charge is -2.25. The first-order valence-corrected chi connectivity index (χ1v) is 9.93. The van der Waals surface area contributed by atoms with Crippen LogP contribution in [0.2, 0.25) is 0 Å². The number of rotatable bonds is 5. The first-order valence-electron chi connectivity index (χ1n) is 8.45. The van der Waals surface area contributed by atoms with Crippen LogP contribution in [-0.4, -0.2) is 27.3 Å². The molecule has 0 bridgehead atoms. The van der Waals surface area contributed by atoms with Gasteiger partial charge in [0, 0.05) is 12.8 Å². The van der Waals surface area contributed by atoms with Crippen LogP contribution in [-0.2, 0) is 19.6 Å². The highest BCUT2D eigenvalue weighted by Gasteiger charge is 2.27. The summed E-state index contributed by atoms with van der Waals surface area (Å²) in [5.74, 6) is -0.140. The Labute approximate surface area is 158 Å². The molecule has 3 rings (SSSR count). The van der Waals surface area contributed by atoms with Crippen molar-refractivity contribution in [1.29, 1.82) is 0 Å². The van der Waals surface area contributed by atoms with Crippen molar-refractivity contribution < 1.29 is 22.7 Å². The molecule has 27 heavy (non-hydrogen) atoms. The number of anilines is 2. The number of imide groups is 1. The van der Waals surface area contributed by atoms with E-state index in [2.05, 4.69) is 4.72 Å². The minimum absolute atomic E-state index is 0.0201. The second-order valence-electron chi connectivity index (χ2n) is 6.28. The zero-order valence-electron chi connectivity index (χ0n) is 15.1. The molecule has 1 heterocycles. The fraction of sp³-hybridized carbons (Fsp3) is 0.263. The van der Waals surface area contributed by atoms with E-state index in [0.29, 0.717) is 36.4 Å². The molecule has 0 aliphatic carbocycles. The van der Waals surface area contributed by atoms with E-state index in [9.17, 15) is 18.0 Å². The normalized spacial score (nSPS) is 15.0. The van der Waals surface area contributed by atoms with E-state index in [1.807, 2.05) is 13.0 Å². The Hall–Kier alpha value is -2.87. The summed E-state index contributed by atoms with van der Waals surface area (Å²) in [6.07, 6.45) is 1.16. The summed E-state index contributed by atoms with van der Waals surface area (Å²) in [5.41, 5.74) is 1.59. The number of hydrogen-bond acceptors (Lipinski definition) is 5. The van der Waals surface area contributed by atoms with Crippen LogP contribution in [0.5, 0.6) is 5.75 Å². The average molecular weight is 388 g/mol. The number of ether oxygens (including phenoxy) is 1. The summed E-state index contributed by atoms with van der Waals surface area (Å²) < 4.78 is 33.1. The van der Waals surface area contributed by atoms with Gasteiger partial charge in [-0.15, -0.1) is 0 Å². The monoisotopic (exact) mass is 388 g/mol. The van der Waals surface area contributed by atoms with Crippen LogP contribution >= 0.6 is 0 Å². The lowest BCUT2D eigenvalue weighted by atomic mass is 10.1. The maximum Gasteiger partial charge on any atom is 0.262 e. The van der Waals surface area contributed by atoms with Gasteiger partial charge >= 0.3 is 0 Å². The Bertz CT molecular complexity index is 968. The molecule has 0 spiro atoms. The van der Waals surface area contributed by atoms with Crippen molar-refractivity contribution in [1.82, 2.24) is 0 Å². The molecule has 2 aromatic rings. The summed E-state index contributed by atoms with van der Waals surface area (Å²) in [4.78, 5) is 25.1. The van der Waals surface area contributed by atoms with Crippen LogP contribution in [0.4, 0.5) is 11.4 Å². The largest absolute Gasteiger partial charge is 0.495 e. The molecule has 7 nitrogen and oxygen atoms in total. The highest BCUT2D eigenvalue weighted by molar-refractivity contribution is 7.92. The number of hydrogen-bond donors (Lipinski definition) is 1. The van der Waals surface area contributed by atoms with E-state index < -0.39 is 10.0 Å². The van der Waals surface area contributed by atoms with Crippen LogP contribution in [0.25, 0.3) is 0 Å². The molecule has 1 N–H and O–H groups in total. The van der Waals surface area contributed by atoms with Gasteiger partial charge in [-0.05, 0) is 55.3 Å². The Morgan fingerprint density at radius 3 is 2.22 bits per heavy atom. The van der Waals surface area contributed by atoms with Crippen molar-refractivity contribution in [2.24, 2.45) is 0 Å². The summed E-state index contributed by atoms with van der Waals surface area (Å²) in [6, 6.07) is 10.8. The van der Waals surface area contributed by atoms with Gasteiger partial charge in [0.25, 0.3) is 10.0 Å².